The summed E-state index contributed by atoms with van der Waals surface area (Å²) < 4.78 is 5.72. The van der Waals surface area contributed by atoms with E-state index in [9.17, 15) is 4.79 Å². The van der Waals surface area contributed by atoms with Gasteiger partial charge in [-0.2, -0.15) is 0 Å². The van der Waals surface area contributed by atoms with Crippen LogP contribution in [0.1, 0.15) is 22.1 Å². The smallest absolute Gasteiger partial charge is 0.262 e. The van der Waals surface area contributed by atoms with Gasteiger partial charge in [0.15, 0.2) is 0 Å². The van der Waals surface area contributed by atoms with Crippen molar-refractivity contribution in [2.75, 3.05) is 16.8 Å². The second-order valence-corrected chi connectivity index (χ2v) is 6.00. The van der Waals surface area contributed by atoms with E-state index < -0.39 is 6.17 Å². The van der Waals surface area contributed by atoms with Gasteiger partial charge in [0.25, 0.3) is 5.91 Å². The minimum absolute atomic E-state index is 0.0905. The summed E-state index contributed by atoms with van der Waals surface area (Å²) >= 11 is 0. The molecule has 1 atom stereocenters. The van der Waals surface area contributed by atoms with Crippen molar-refractivity contribution >= 4 is 17.3 Å². The number of carbonyl (C=O) groups excluding carboxylic acids is 1. The fourth-order valence-corrected chi connectivity index (χ4v) is 3.20. The first kappa shape index (κ1) is 16.7. The Hall–Kier alpha value is -3.78. The molecule has 2 aromatic carbocycles. The van der Waals surface area contributed by atoms with Gasteiger partial charge in [0.05, 0.1) is 5.56 Å². The number of para-hydroxylation sites is 2. The first-order valence-corrected chi connectivity index (χ1v) is 8.54. The van der Waals surface area contributed by atoms with Crippen LogP contribution in [0.4, 0.5) is 11.4 Å². The zero-order valence-corrected chi connectivity index (χ0v) is 14.5. The van der Waals surface area contributed by atoms with Crippen molar-refractivity contribution in [3.63, 3.8) is 0 Å². The predicted molar refractivity (Wildman–Crippen MR) is 105 cm³/mol. The number of nitrogens with zero attached hydrogens (tertiary/aromatic N) is 2. The number of aromatic nitrogens is 1. The molecule has 0 fully saturated rings. The maximum absolute atomic E-state index is 13.3. The molecule has 3 aromatic rings. The molecule has 0 saturated heterocycles. The summed E-state index contributed by atoms with van der Waals surface area (Å²) in [6.45, 7) is 0.156. The molecule has 5 heteroatoms. The summed E-state index contributed by atoms with van der Waals surface area (Å²) in [5.74, 6) is 3.03. The van der Waals surface area contributed by atoms with Gasteiger partial charge in [0, 0.05) is 29.3 Å². The van der Waals surface area contributed by atoms with Gasteiger partial charge < -0.3 is 10.1 Å². The van der Waals surface area contributed by atoms with Crippen molar-refractivity contribution in [2.24, 2.45) is 0 Å². The second-order valence-electron chi connectivity index (χ2n) is 6.00. The fraction of sp³-hybridized carbons (Fsp3) is 0.0909. The van der Waals surface area contributed by atoms with E-state index in [0.29, 0.717) is 11.3 Å². The lowest BCUT2D eigenvalue weighted by atomic mass is 10.0. The van der Waals surface area contributed by atoms with E-state index in [4.69, 9.17) is 11.2 Å². The number of hydrogen-bond acceptors (Lipinski definition) is 4. The first-order valence-electron chi connectivity index (χ1n) is 8.54. The molecule has 0 unspecified atom stereocenters. The molecule has 0 spiro atoms. The molecule has 4 rings (SSSR count). The highest BCUT2D eigenvalue weighted by Crippen LogP contribution is 2.39. The van der Waals surface area contributed by atoms with Crippen molar-refractivity contribution in [3.8, 4) is 18.1 Å². The number of anilines is 2. The van der Waals surface area contributed by atoms with Gasteiger partial charge in [0.1, 0.15) is 18.5 Å². The van der Waals surface area contributed by atoms with Crippen LogP contribution in [0.3, 0.4) is 0 Å². The molecule has 0 saturated carbocycles. The maximum atomic E-state index is 13.3. The zero-order valence-electron chi connectivity index (χ0n) is 14.5. The molecule has 1 N–H and O–H groups in total. The van der Waals surface area contributed by atoms with E-state index in [-0.39, 0.29) is 12.5 Å². The number of ether oxygens (including phenoxy) is 1. The molecule has 1 aliphatic heterocycles. The molecule has 27 heavy (non-hydrogen) atoms. The SMILES string of the molecule is C#CCOc1ccccc1[C@@H]1Nc2ccccc2C(=O)N1c1ccncc1. The number of nitrogens with one attached hydrogen (secondary N) is 1. The summed E-state index contributed by atoms with van der Waals surface area (Å²) in [7, 11) is 0. The zero-order chi connectivity index (χ0) is 18.6. The van der Waals surface area contributed by atoms with Gasteiger partial charge in [-0.15, -0.1) is 6.42 Å². The molecule has 132 valence electrons. The molecular weight excluding hydrogens is 338 g/mol. The minimum atomic E-state index is -0.441. The van der Waals surface area contributed by atoms with Gasteiger partial charge in [-0.3, -0.25) is 14.7 Å². The Kier molecular flexibility index (Phi) is 4.46. The molecule has 1 aliphatic rings. The number of benzene rings is 2. The van der Waals surface area contributed by atoms with Crippen molar-refractivity contribution in [1.29, 1.82) is 0 Å². The number of amides is 1. The van der Waals surface area contributed by atoms with Crippen LogP contribution >= 0.6 is 0 Å². The number of rotatable bonds is 4. The van der Waals surface area contributed by atoms with Gasteiger partial charge in [-0.25, -0.2) is 0 Å². The lowest BCUT2D eigenvalue weighted by Gasteiger charge is -2.38. The minimum Gasteiger partial charge on any atom is -0.481 e. The van der Waals surface area contributed by atoms with Gasteiger partial charge in [-0.05, 0) is 30.3 Å². The largest absolute Gasteiger partial charge is 0.481 e. The van der Waals surface area contributed by atoms with E-state index in [1.165, 1.54) is 0 Å². The van der Waals surface area contributed by atoms with E-state index in [2.05, 4.69) is 16.2 Å². The van der Waals surface area contributed by atoms with E-state index in [1.807, 2.05) is 60.7 Å². The molecule has 1 aromatic heterocycles. The molecule has 0 aliphatic carbocycles. The highest BCUT2D eigenvalue weighted by atomic mass is 16.5. The van der Waals surface area contributed by atoms with Crippen molar-refractivity contribution < 1.29 is 9.53 Å². The summed E-state index contributed by atoms with van der Waals surface area (Å²) in [6, 6.07) is 18.7. The number of fused-ring (bicyclic) bond motifs is 1. The highest BCUT2D eigenvalue weighted by molar-refractivity contribution is 6.12. The molecular formula is C22H17N3O2. The normalized spacial score (nSPS) is 15.4. The summed E-state index contributed by atoms with van der Waals surface area (Å²) in [4.78, 5) is 19.1. The Bertz CT molecular complexity index is 1010. The van der Waals surface area contributed by atoms with E-state index in [0.717, 1.165) is 16.9 Å². The van der Waals surface area contributed by atoms with Crippen molar-refractivity contribution in [3.05, 3.63) is 84.2 Å². The molecule has 5 nitrogen and oxygen atoms in total. The van der Waals surface area contributed by atoms with Crippen LogP contribution in [0.2, 0.25) is 0 Å². The number of terminal acetylenes is 1. The van der Waals surface area contributed by atoms with Gasteiger partial charge >= 0.3 is 0 Å². The second kappa shape index (κ2) is 7.22. The molecule has 2 heterocycles. The van der Waals surface area contributed by atoms with Gasteiger partial charge in [-0.1, -0.05) is 36.3 Å². The van der Waals surface area contributed by atoms with Crippen LogP contribution in [0.25, 0.3) is 0 Å². The van der Waals surface area contributed by atoms with Crippen LogP contribution in [-0.2, 0) is 0 Å². The van der Waals surface area contributed by atoms with E-state index >= 15 is 0 Å². The molecule has 0 radical (unpaired) electrons. The Labute approximate surface area is 157 Å². The quantitative estimate of drug-likeness (QED) is 0.722. The average Bonchev–Trinajstić information content (AvgIpc) is 2.73. The third kappa shape index (κ3) is 3.09. The van der Waals surface area contributed by atoms with Crippen molar-refractivity contribution in [2.45, 2.75) is 6.17 Å². The monoisotopic (exact) mass is 355 g/mol. The lowest BCUT2D eigenvalue weighted by molar-refractivity contribution is 0.0974. The topological polar surface area (TPSA) is 54.5 Å². The summed E-state index contributed by atoms with van der Waals surface area (Å²) in [6.07, 6.45) is 8.24. The molecule has 0 bridgehead atoms. The highest BCUT2D eigenvalue weighted by Gasteiger charge is 2.35. The van der Waals surface area contributed by atoms with E-state index in [1.54, 1.807) is 17.3 Å². The van der Waals surface area contributed by atoms with Crippen molar-refractivity contribution in [1.82, 2.24) is 4.98 Å². The fourth-order valence-electron chi connectivity index (χ4n) is 3.20. The standard InChI is InChI=1S/C22H17N3O2/c1-2-15-27-20-10-6-4-8-18(20)21-24-19-9-5-3-7-17(19)22(26)25(21)16-11-13-23-14-12-16/h1,3-14,21,24H,15H2/t21-/m1/s1. The first-order chi connectivity index (χ1) is 13.3. The Morgan fingerprint density at radius 3 is 2.63 bits per heavy atom. The maximum Gasteiger partial charge on any atom is 0.262 e. The predicted octanol–water partition coefficient (Wildman–Crippen LogP) is 3.86. The summed E-state index contributed by atoms with van der Waals surface area (Å²) in [5.41, 5.74) is 2.97. The number of carbonyl (C=O) groups is 1. The Morgan fingerprint density at radius 1 is 1.07 bits per heavy atom. The number of pyridine rings is 1. The Balaban J connectivity index is 1.85. The van der Waals surface area contributed by atoms with Crippen LogP contribution in [0.15, 0.2) is 73.1 Å². The summed E-state index contributed by atoms with van der Waals surface area (Å²) in [5, 5.41) is 3.46. The number of hydrogen-bond donors (Lipinski definition) is 1. The Morgan fingerprint density at radius 2 is 1.81 bits per heavy atom. The third-order valence-electron chi connectivity index (χ3n) is 4.39. The van der Waals surface area contributed by atoms with Gasteiger partial charge in [0.2, 0.25) is 0 Å². The molecule has 1 amide bonds. The third-order valence-corrected chi connectivity index (χ3v) is 4.39. The van der Waals surface area contributed by atoms with Crippen LogP contribution < -0.4 is 15.0 Å². The van der Waals surface area contributed by atoms with Crippen LogP contribution in [0.5, 0.6) is 5.75 Å². The van der Waals surface area contributed by atoms with Crippen LogP contribution in [-0.4, -0.2) is 17.5 Å². The lowest BCUT2D eigenvalue weighted by Crippen LogP contribution is -2.43. The average molecular weight is 355 g/mol. The van der Waals surface area contributed by atoms with Crippen LogP contribution in [0, 0.1) is 12.3 Å².